The highest BCUT2D eigenvalue weighted by Crippen LogP contribution is 2.29. The predicted octanol–water partition coefficient (Wildman–Crippen LogP) is 3.65. The van der Waals surface area contributed by atoms with Crippen molar-refractivity contribution >= 4 is 17.3 Å². The summed E-state index contributed by atoms with van der Waals surface area (Å²) in [6.07, 6.45) is 3.95. The number of morpholine rings is 1. The van der Waals surface area contributed by atoms with Crippen LogP contribution in [0.25, 0.3) is 28.0 Å². The second-order valence-corrected chi connectivity index (χ2v) is 7.79. The molecule has 0 radical (unpaired) electrons. The summed E-state index contributed by atoms with van der Waals surface area (Å²) in [6, 6.07) is 16.1. The lowest BCUT2D eigenvalue weighted by atomic mass is 10.1. The standard InChI is InChI=1S/C23H24N6O/c1-15-13-28(14-16(2)30-15)22-10-21(24)29-23(27-22)19(12-26-29)18-8-9-20(25-11-18)17-6-4-3-5-7-17/h3-12,15-16H,13-14,24H2,1-2H3/t15-,16+. The highest BCUT2D eigenvalue weighted by atomic mass is 16.5. The molecule has 0 spiro atoms. The van der Waals surface area contributed by atoms with E-state index in [2.05, 4.69) is 47.0 Å². The summed E-state index contributed by atoms with van der Waals surface area (Å²) >= 11 is 0. The van der Waals surface area contributed by atoms with Crippen molar-refractivity contribution in [2.45, 2.75) is 26.1 Å². The van der Waals surface area contributed by atoms with E-state index in [1.807, 2.05) is 36.5 Å². The highest BCUT2D eigenvalue weighted by Gasteiger charge is 2.24. The molecular weight excluding hydrogens is 376 g/mol. The number of anilines is 2. The van der Waals surface area contributed by atoms with Gasteiger partial charge in [0.25, 0.3) is 0 Å². The number of nitrogens with zero attached hydrogens (tertiary/aromatic N) is 5. The largest absolute Gasteiger partial charge is 0.383 e. The Morgan fingerprint density at radius 3 is 2.43 bits per heavy atom. The van der Waals surface area contributed by atoms with Crippen LogP contribution in [0.4, 0.5) is 11.6 Å². The van der Waals surface area contributed by atoms with Gasteiger partial charge in [-0.2, -0.15) is 9.61 Å². The Balaban J connectivity index is 1.53. The van der Waals surface area contributed by atoms with Crippen LogP contribution in [0, 0.1) is 0 Å². The fourth-order valence-corrected chi connectivity index (χ4v) is 4.04. The number of benzene rings is 1. The third-order valence-corrected chi connectivity index (χ3v) is 5.37. The number of pyridine rings is 1. The van der Waals surface area contributed by atoms with Crippen molar-refractivity contribution in [2.24, 2.45) is 0 Å². The van der Waals surface area contributed by atoms with Crippen molar-refractivity contribution in [1.29, 1.82) is 0 Å². The number of ether oxygens (including phenoxy) is 1. The van der Waals surface area contributed by atoms with E-state index in [0.717, 1.165) is 46.9 Å². The van der Waals surface area contributed by atoms with Crippen LogP contribution in [0.5, 0.6) is 0 Å². The van der Waals surface area contributed by atoms with Gasteiger partial charge in [-0.05, 0) is 19.9 Å². The molecule has 1 fully saturated rings. The van der Waals surface area contributed by atoms with Crippen LogP contribution in [0.3, 0.4) is 0 Å². The van der Waals surface area contributed by atoms with Gasteiger partial charge in [0.1, 0.15) is 11.6 Å². The molecule has 3 aromatic heterocycles. The molecule has 152 valence electrons. The van der Waals surface area contributed by atoms with Gasteiger partial charge in [0, 0.05) is 42.0 Å². The summed E-state index contributed by atoms with van der Waals surface area (Å²) in [6.45, 7) is 5.72. The SMILES string of the molecule is C[C@@H]1CN(c2cc(N)n3ncc(-c4ccc(-c5ccccc5)nc4)c3n2)C[C@H](C)O1. The van der Waals surface area contributed by atoms with Gasteiger partial charge in [-0.15, -0.1) is 0 Å². The lowest BCUT2D eigenvalue weighted by Gasteiger charge is -2.36. The molecule has 0 aliphatic carbocycles. The van der Waals surface area contributed by atoms with Gasteiger partial charge in [0.05, 0.1) is 24.1 Å². The highest BCUT2D eigenvalue weighted by molar-refractivity contribution is 5.79. The molecule has 2 atom stereocenters. The average molecular weight is 400 g/mol. The Labute approximate surface area is 175 Å². The number of rotatable bonds is 3. The summed E-state index contributed by atoms with van der Waals surface area (Å²) in [4.78, 5) is 11.8. The van der Waals surface area contributed by atoms with Crippen molar-refractivity contribution in [3.8, 4) is 22.4 Å². The molecule has 2 N–H and O–H groups in total. The second kappa shape index (κ2) is 7.42. The number of aromatic nitrogens is 4. The monoisotopic (exact) mass is 400 g/mol. The number of fused-ring (bicyclic) bond motifs is 1. The molecule has 4 aromatic rings. The average Bonchev–Trinajstić information content (AvgIpc) is 3.18. The van der Waals surface area contributed by atoms with Crippen molar-refractivity contribution in [3.05, 3.63) is 60.9 Å². The molecule has 0 bridgehead atoms. The van der Waals surface area contributed by atoms with E-state index in [-0.39, 0.29) is 12.2 Å². The van der Waals surface area contributed by atoms with Gasteiger partial charge in [-0.25, -0.2) is 4.98 Å². The van der Waals surface area contributed by atoms with Gasteiger partial charge in [0.2, 0.25) is 0 Å². The van der Waals surface area contributed by atoms with Crippen molar-refractivity contribution < 1.29 is 4.74 Å². The van der Waals surface area contributed by atoms with Gasteiger partial charge < -0.3 is 15.4 Å². The number of nitrogen functional groups attached to an aromatic ring is 1. The first-order valence-corrected chi connectivity index (χ1v) is 10.1. The van der Waals surface area contributed by atoms with Crippen LogP contribution in [-0.2, 0) is 4.74 Å². The van der Waals surface area contributed by atoms with Gasteiger partial charge in [-0.3, -0.25) is 4.98 Å². The van der Waals surface area contributed by atoms with E-state index in [9.17, 15) is 0 Å². The van der Waals surface area contributed by atoms with E-state index in [1.54, 1.807) is 10.7 Å². The van der Waals surface area contributed by atoms with Gasteiger partial charge in [-0.1, -0.05) is 36.4 Å². The minimum absolute atomic E-state index is 0.145. The maximum absolute atomic E-state index is 6.31. The molecule has 0 saturated carbocycles. The maximum atomic E-state index is 6.31. The molecule has 7 nitrogen and oxygen atoms in total. The maximum Gasteiger partial charge on any atom is 0.167 e. The minimum atomic E-state index is 0.145. The third kappa shape index (κ3) is 3.37. The first-order valence-electron chi connectivity index (χ1n) is 10.1. The van der Waals surface area contributed by atoms with E-state index >= 15 is 0 Å². The Bertz CT molecular complexity index is 1160. The second-order valence-electron chi connectivity index (χ2n) is 7.79. The number of hydrogen-bond donors (Lipinski definition) is 1. The van der Waals surface area contributed by atoms with Crippen LogP contribution in [-0.4, -0.2) is 44.9 Å². The molecule has 5 rings (SSSR count). The molecular formula is C23H24N6O. The van der Waals surface area contributed by atoms with Crippen LogP contribution >= 0.6 is 0 Å². The Morgan fingerprint density at radius 1 is 0.967 bits per heavy atom. The summed E-state index contributed by atoms with van der Waals surface area (Å²) in [5.41, 5.74) is 10.9. The fraction of sp³-hybridized carbons (Fsp3) is 0.261. The number of hydrogen-bond acceptors (Lipinski definition) is 6. The zero-order chi connectivity index (χ0) is 20.7. The smallest absolute Gasteiger partial charge is 0.167 e. The summed E-state index contributed by atoms with van der Waals surface area (Å²) in [5, 5.41) is 4.45. The zero-order valence-corrected chi connectivity index (χ0v) is 17.1. The molecule has 0 amide bonds. The number of nitrogens with two attached hydrogens (primary N) is 1. The Hall–Kier alpha value is -3.45. The van der Waals surface area contributed by atoms with Crippen LogP contribution < -0.4 is 10.6 Å². The van der Waals surface area contributed by atoms with Crippen LogP contribution in [0.2, 0.25) is 0 Å². The molecule has 1 aliphatic rings. The first-order chi connectivity index (χ1) is 14.6. The quantitative estimate of drug-likeness (QED) is 0.565. The molecule has 1 aromatic carbocycles. The van der Waals surface area contributed by atoms with E-state index in [1.165, 1.54) is 0 Å². The van der Waals surface area contributed by atoms with Crippen molar-refractivity contribution in [3.63, 3.8) is 0 Å². The normalized spacial score (nSPS) is 19.3. The molecule has 0 unspecified atom stereocenters. The lowest BCUT2D eigenvalue weighted by Crippen LogP contribution is -2.45. The topological polar surface area (TPSA) is 81.6 Å². The molecule has 1 aliphatic heterocycles. The van der Waals surface area contributed by atoms with E-state index in [0.29, 0.717) is 5.82 Å². The third-order valence-electron chi connectivity index (χ3n) is 5.37. The molecule has 7 heteroatoms. The van der Waals surface area contributed by atoms with Crippen LogP contribution in [0.15, 0.2) is 60.9 Å². The summed E-state index contributed by atoms with van der Waals surface area (Å²) in [7, 11) is 0. The Kier molecular flexibility index (Phi) is 4.59. The summed E-state index contributed by atoms with van der Waals surface area (Å²) < 4.78 is 7.53. The minimum Gasteiger partial charge on any atom is -0.383 e. The predicted molar refractivity (Wildman–Crippen MR) is 118 cm³/mol. The fourth-order valence-electron chi connectivity index (χ4n) is 4.04. The van der Waals surface area contributed by atoms with Crippen LogP contribution in [0.1, 0.15) is 13.8 Å². The first kappa shape index (κ1) is 18.6. The van der Waals surface area contributed by atoms with Gasteiger partial charge in [0.15, 0.2) is 5.65 Å². The van der Waals surface area contributed by atoms with E-state index < -0.39 is 0 Å². The van der Waals surface area contributed by atoms with Crippen molar-refractivity contribution in [2.75, 3.05) is 23.7 Å². The van der Waals surface area contributed by atoms with E-state index in [4.69, 9.17) is 15.5 Å². The summed E-state index contributed by atoms with van der Waals surface area (Å²) in [5.74, 6) is 1.40. The van der Waals surface area contributed by atoms with Crippen molar-refractivity contribution in [1.82, 2.24) is 19.6 Å². The molecule has 30 heavy (non-hydrogen) atoms. The lowest BCUT2D eigenvalue weighted by molar-refractivity contribution is -0.00544. The molecule has 1 saturated heterocycles. The molecule has 4 heterocycles. The van der Waals surface area contributed by atoms with Gasteiger partial charge >= 0.3 is 0 Å². The zero-order valence-electron chi connectivity index (χ0n) is 17.1. The Morgan fingerprint density at radius 2 is 1.73 bits per heavy atom.